The van der Waals surface area contributed by atoms with Gasteiger partial charge in [-0.05, 0) is 31.5 Å². The third-order valence-electron chi connectivity index (χ3n) is 2.63. The Labute approximate surface area is 78.4 Å². The molecule has 1 aromatic rings. The van der Waals surface area contributed by atoms with E-state index in [-0.39, 0.29) is 0 Å². The zero-order valence-corrected chi connectivity index (χ0v) is 7.70. The summed E-state index contributed by atoms with van der Waals surface area (Å²) in [5, 5.41) is 8.73. The van der Waals surface area contributed by atoms with Gasteiger partial charge in [-0.3, -0.25) is 0 Å². The molecule has 1 atom stereocenters. The molecule has 0 aliphatic carbocycles. The molecule has 0 bridgehead atoms. The number of nitrogens with zero attached hydrogens (tertiary/aromatic N) is 2. The fourth-order valence-corrected chi connectivity index (χ4v) is 1.65. The minimum Gasteiger partial charge on any atom is -0.369 e. The molecule has 0 N–H and O–H groups in total. The first-order valence-corrected chi connectivity index (χ1v) is 4.58. The van der Waals surface area contributed by atoms with Crippen molar-refractivity contribution in [2.45, 2.75) is 19.4 Å². The summed E-state index contributed by atoms with van der Waals surface area (Å²) in [6.45, 7) is 3.33. The number of benzene rings is 1. The van der Waals surface area contributed by atoms with Gasteiger partial charge in [0.1, 0.15) is 0 Å². The predicted octanol–water partition coefficient (Wildman–Crippen LogP) is 2.16. The highest BCUT2D eigenvalue weighted by atomic mass is 15.2. The predicted molar refractivity (Wildman–Crippen MR) is 52.6 cm³/mol. The number of hydrogen-bond acceptors (Lipinski definition) is 2. The van der Waals surface area contributed by atoms with Crippen molar-refractivity contribution in [3.05, 3.63) is 29.8 Å². The van der Waals surface area contributed by atoms with Gasteiger partial charge in [0.15, 0.2) is 0 Å². The van der Waals surface area contributed by atoms with Crippen LogP contribution in [-0.2, 0) is 0 Å². The Balaban J connectivity index is 2.26. The van der Waals surface area contributed by atoms with E-state index in [9.17, 15) is 0 Å². The highest BCUT2D eigenvalue weighted by Crippen LogP contribution is 2.26. The molecule has 2 nitrogen and oxygen atoms in total. The lowest BCUT2D eigenvalue weighted by atomic mass is 10.0. The third-order valence-corrected chi connectivity index (χ3v) is 2.63. The molecular formula is C11H12N2. The van der Waals surface area contributed by atoms with Crippen molar-refractivity contribution in [2.24, 2.45) is 0 Å². The molecule has 2 rings (SSSR count). The zero-order chi connectivity index (χ0) is 9.26. The molecule has 1 aliphatic heterocycles. The Kier molecular flexibility index (Phi) is 1.94. The molecule has 1 fully saturated rings. The van der Waals surface area contributed by atoms with Crippen LogP contribution < -0.4 is 4.90 Å². The van der Waals surface area contributed by atoms with Crippen LogP contribution in [0.5, 0.6) is 0 Å². The smallest absolute Gasteiger partial charge is 0.0992 e. The van der Waals surface area contributed by atoms with E-state index in [1.54, 1.807) is 0 Å². The molecule has 0 spiro atoms. The highest BCUT2D eigenvalue weighted by molar-refractivity contribution is 5.53. The van der Waals surface area contributed by atoms with E-state index in [2.05, 4.69) is 24.0 Å². The lowest BCUT2D eigenvalue weighted by molar-refractivity contribution is 0.481. The Morgan fingerprint density at radius 3 is 2.92 bits per heavy atom. The first-order chi connectivity index (χ1) is 6.31. The van der Waals surface area contributed by atoms with Gasteiger partial charge in [-0.2, -0.15) is 5.26 Å². The Morgan fingerprint density at radius 1 is 1.54 bits per heavy atom. The van der Waals surface area contributed by atoms with E-state index in [0.29, 0.717) is 6.04 Å². The fourth-order valence-electron chi connectivity index (χ4n) is 1.65. The zero-order valence-electron chi connectivity index (χ0n) is 7.70. The van der Waals surface area contributed by atoms with Gasteiger partial charge in [0.2, 0.25) is 0 Å². The summed E-state index contributed by atoms with van der Waals surface area (Å²) in [5.41, 5.74) is 1.93. The van der Waals surface area contributed by atoms with Crippen LogP contribution in [0.25, 0.3) is 0 Å². The molecular weight excluding hydrogens is 160 g/mol. The van der Waals surface area contributed by atoms with Gasteiger partial charge in [0, 0.05) is 18.3 Å². The molecule has 1 unspecified atom stereocenters. The molecule has 0 amide bonds. The number of nitriles is 1. The highest BCUT2D eigenvalue weighted by Gasteiger charge is 2.23. The Hall–Kier alpha value is -1.49. The van der Waals surface area contributed by atoms with Crippen molar-refractivity contribution in [3.63, 3.8) is 0 Å². The van der Waals surface area contributed by atoms with Gasteiger partial charge in [-0.25, -0.2) is 0 Å². The summed E-state index contributed by atoms with van der Waals surface area (Å²) in [4.78, 5) is 2.32. The van der Waals surface area contributed by atoms with Crippen LogP contribution in [0.4, 0.5) is 5.69 Å². The van der Waals surface area contributed by atoms with Crippen molar-refractivity contribution in [2.75, 3.05) is 11.4 Å². The minimum atomic E-state index is 0.633. The van der Waals surface area contributed by atoms with Gasteiger partial charge in [-0.15, -0.1) is 0 Å². The van der Waals surface area contributed by atoms with Crippen LogP contribution in [0.1, 0.15) is 18.9 Å². The quantitative estimate of drug-likeness (QED) is 0.649. The largest absolute Gasteiger partial charge is 0.369 e. The second-order valence-corrected chi connectivity index (χ2v) is 3.49. The lowest BCUT2D eigenvalue weighted by Gasteiger charge is -2.40. The van der Waals surface area contributed by atoms with Crippen molar-refractivity contribution in [1.29, 1.82) is 5.26 Å². The lowest BCUT2D eigenvalue weighted by Crippen LogP contribution is -2.45. The Morgan fingerprint density at radius 2 is 2.38 bits per heavy atom. The second kappa shape index (κ2) is 3.10. The SMILES string of the molecule is CC1CCN1c1cccc(C#N)c1. The summed E-state index contributed by atoms with van der Waals surface area (Å²) in [6.07, 6.45) is 1.26. The average Bonchev–Trinajstić information content (AvgIpc) is 2.16. The van der Waals surface area contributed by atoms with E-state index >= 15 is 0 Å². The van der Waals surface area contributed by atoms with Crippen LogP contribution >= 0.6 is 0 Å². The number of hydrogen-bond donors (Lipinski definition) is 0. The van der Waals surface area contributed by atoms with Gasteiger partial charge in [0.25, 0.3) is 0 Å². The molecule has 0 saturated carbocycles. The molecule has 13 heavy (non-hydrogen) atoms. The summed E-state index contributed by atoms with van der Waals surface area (Å²) in [6, 6.07) is 10.6. The number of anilines is 1. The first kappa shape index (κ1) is 8.12. The Bertz CT molecular complexity index is 351. The van der Waals surface area contributed by atoms with Crippen molar-refractivity contribution in [3.8, 4) is 6.07 Å². The van der Waals surface area contributed by atoms with Crippen molar-refractivity contribution in [1.82, 2.24) is 0 Å². The summed E-state index contributed by atoms with van der Waals surface area (Å²) in [7, 11) is 0. The number of rotatable bonds is 1. The van der Waals surface area contributed by atoms with Crippen molar-refractivity contribution < 1.29 is 0 Å². The molecule has 1 aliphatic rings. The summed E-state index contributed by atoms with van der Waals surface area (Å²) in [5.74, 6) is 0. The third kappa shape index (κ3) is 1.38. The van der Waals surface area contributed by atoms with Crippen LogP contribution in [0.3, 0.4) is 0 Å². The maximum atomic E-state index is 8.73. The van der Waals surface area contributed by atoms with Gasteiger partial charge < -0.3 is 4.90 Å². The molecule has 0 radical (unpaired) electrons. The van der Waals surface area contributed by atoms with Gasteiger partial charge >= 0.3 is 0 Å². The molecule has 1 saturated heterocycles. The van der Waals surface area contributed by atoms with E-state index in [1.165, 1.54) is 12.1 Å². The molecule has 2 heteroatoms. The molecule has 66 valence electrons. The standard InChI is InChI=1S/C11H12N2/c1-9-5-6-13(9)11-4-2-3-10(7-11)8-12/h2-4,7,9H,5-6H2,1H3. The monoisotopic (exact) mass is 172 g/mol. The first-order valence-electron chi connectivity index (χ1n) is 4.58. The molecule has 0 aromatic heterocycles. The van der Waals surface area contributed by atoms with Crippen LogP contribution in [0.2, 0.25) is 0 Å². The van der Waals surface area contributed by atoms with E-state index in [4.69, 9.17) is 5.26 Å². The van der Waals surface area contributed by atoms with Crippen molar-refractivity contribution >= 4 is 5.69 Å². The maximum absolute atomic E-state index is 8.73. The van der Waals surface area contributed by atoms with Crippen LogP contribution in [0.15, 0.2) is 24.3 Å². The molecule has 1 heterocycles. The van der Waals surface area contributed by atoms with E-state index in [0.717, 1.165) is 12.1 Å². The maximum Gasteiger partial charge on any atom is 0.0992 e. The molecule has 1 aromatic carbocycles. The normalized spacial score (nSPS) is 20.6. The average molecular weight is 172 g/mol. The topological polar surface area (TPSA) is 27.0 Å². The van der Waals surface area contributed by atoms with Gasteiger partial charge in [-0.1, -0.05) is 6.07 Å². The second-order valence-electron chi connectivity index (χ2n) is 3.49. The fraction of sp³-hybridized carbons (Fsp3) is 0.364. The summed E-state index contributed by atoms with van der Waals surface area (Å²) < 4.78 is 0. The van der Waals surface area contributed by atoms with Gasteiger partial charge in [0.05, 0.1) is 11.6 Å². The summed E-state index contributed by atoms with van der Waals surface area (Å²) >= 11 is 0. The van der Waals surface area contributed by atoms with E-state index < -0.39 is 0 Å². The van der Waals surface area contributed by atoms with E-state index in [1.807, 2.05) is 18.2 Å². The van der Waals surface area contributed by atoms with Crippen LogP contribution in [-0.4, -0.2) is 12.6 Å². The minimum absolute atomic E-state index is 0.633. The van der Waals surface area contributed by atoms with Crippen LogP contribution in [0, 0.1) is 11.3 Å².